The number of amides is 1. The molecule has 2 rings (SSSR count). The maximum atomic E-state index is 13.1. The van der Waals surface area contributed by atoms with Gasteiger partial charge in [-0.2, -0.15) is 0 Å². The Morgan fingerprint density at radius 2 is 2.11 bits per heavy atom. The van der Waals surface area contributed by atoms with E-state index in [2.05, 4.69) is 10.3 Å². The Balaban J connectivity index is 1.89. The smallest absolute Gasteiger partial charge is 0.412 e. The molecule has 0 aliphatic carbocycles. The van der Waals surface area contributed by atoms with Crippen LogP contribution in [0.2, 0.25) is 5.15 Å². The number of rotatable bonds is 3. The first kappa shape index (κ1) is 13.3. The van der Waals surface area contributed by atoms with E-state index in [0.29, 0.717) is 0 Å². The van der Waals surface area contributed by atoms with Crippen molar-refractivity contribution in [1.29, 1.82) is 0 Å². The third kappa shape index (κ3) is 3.93. The molecule has 0 atom stereocenters. The molecule has 0 radical (unpaired) electrons. The highest BCUT2D eigenvalue weighted by molar-refractivity contribution is 6.29. The molecule has 0 fully saturated rings. The van der Waals surface area contributed by atoms with Gasteiger partial charge in [-0.1, -0.05) is 41.9 Å². The fourth-order valence-corrected chi connectivity index (χ4v) is 1.47. The van der Waals surface area contributed by atoms with Crippen molar-refractivity contribution in [1.82, 2.24) is 4.98 Å². The van der Waals surface area contributed by atoms with E-state index in [-0.39, 0.29) is 17.4 Å². The summed E-state index contributed by atoms with van der Waals surface area (Å²) in [4.78, 5) is 15.0. The maximum Gasteiger partial charge on any atom is 0.412 e. The van der Waals surface area contributed by atoms with E-state index in [1.165, 1.54) is 6.20 Å². The molecular weight excluding hydrogens is 271 g/mol. The monoisotopic (exact) mass is 280 g/mol. The van der Waals surface area contributed by atoms with Gasteiger partial charge in [-0.05, 0) is 5.56 Å². The zero-order valence-corrected chi connectivity index (χ0v) is 10.5. The number of nitrogens with one attached hydrogen (secondary N) is 1. The van der Waals surface area contributed by atoms with Crippen LogP contribution in [0.4, 0.5) is 14.9 Å². The molecule has 1 amide bonds. The summed E-state index contributed by atoms with van der Waals surface area (Å²) < 4.78 is 18.1. The molecule has 1 aromatic heterocycles. The van der Waals surface area contributed by atoms with E-state index >= 15 is 0 Å². The molecule has 0 bridgehead atoms. The first-order chi connectivity index (χ1) is 9.15. The van der Waals surface area contributed by atoms with Gasteiger partial charge in [0.2, 0.25) is 0 Å². The van der Waals surface area contributed by atoms with Gasteiger partial charge in [0.15, 0.2) is 11.0 Å². The maximum absolute atomic E-state index is 13.1. The number of hydrogen-bond donors (Lipinski definition) is 1. The van der Waals surface area contributed by atoms with Gasteiger partial charge < -0.3 is 4.74 Å². The molecule has 0 unspecified atom stereocenters. The first-order valence-corrected chi connectivity index (χ1v) is 5.81. The summed E-state index contributed by atoms with van der Waals surface area (Å²) in [7, 11) is 0. The lowest BCUT2D eigenvalue weighted by Crippen LogP contribution is -2.13. The van der Waals surface area contributed by atoms with E-state index in [1.807, 2.05) is 30.3 Å². The number of halogens is 2. The van der Waals surface area contributed by atoms with Gasteiger partial charge in [0, 0.05) is 6.07 Å². The van der Waals surface area contributed by atoms with E-state index in [1.54, 1.807) is 0 Å². The number of nitrogens with zero attached hydrogens (tertiary/aromatic N) is 1. The quantitative estimate of drug-likeness (QED) is 0.874. The lowest BCUT2D eigenvalue weighted by Gasteiger charge is -2.07. The van der Waals surface area contributed by atoms with E-state index < -0.39 is 11.9 Å². The SMILES string of the molecule is O=C(Nc1cnc(Cl)c(F)c1)OCc1ccccc1. The molecule has 0 saturated carbocycles. The topological polar surface area (TPSA) is 51.2 Å². The Morgan fingerprint density at radius 1 is 1.37 bits per heavy atom. The lowest BCUT2D eigenvalue weighted by atomic mass is 10.2. The Hall–Kier alpha value is -2.14. The minimum atomic E-state index is -0.706. The molecule has 0 aliphatic rings. The highest BCUT2D eigenvalue weighted by Crippen LogP contribution is 2.15. The van der Waals surface area contributed by atoms with Crippen molar-refractivity contribution in [3.8, 4) is 0 Å². The number of aromatic nitrogens is 1. The minimum absolute atomic E-state index is 0.135. The third-order valence-electron chi connectivity index (χ3n) is 2.26. The van der Waals surface area contributed by atoms with Crippen LogP contribution in [0.1, 0.15) is 5.56 Å². The predicted molar refractivity (Wildman–Crippen MR) is 69.5 cm³/mol. The van der Waals surface area contributed by atoms with Gasteiger partial charge >= 0.3 is 6.09 Å². The van der Waals surface area contributed by atoms with Gasteiger partial charge in [0.1, 0.15) is 6.61 Å². The van der Waals surface area contributed by atoms with Crippen molar-refractivity contribution in [2.45, 2.75) is 6.61 Å². The first-order valence-electron chi connectivity index (χ1n) is 5.44. The number of pyridine rings is 1. The van der Waals surface area contributed by atoms with Gasteiger partial charge in [0.05, 0.1) is 11.9 Å². The van der Waals surface area contributed by atoms with Crippen LogP contribution in [-0.4, -0.2) is 11.1 Å². The van der Waals surface area contributed by atoms with Crippen molar-refractivity contribution >= 4 is 23.4 Å². The number of carbonyl (C=O) groups excluding carboxylic acids is 1. The molecule has 1 N–H and O–H groups in total. The molecule has 2 aromatic rings. The van der Waals surface area contributed by atoms with Gasteiger partial charge in [-0.15, -0.1) is 0 Å². The molecule has 1 heterocycles. The van der Waals surface area contributed by atoms with Crippen molar-refractivity contribution in [2.75, 3.05) is 5.32 Å². The van der Waals surface area contributed by atoms with Crippen LogP contribution >= 0.6 is 11.6 Å². The van der Waals surface area contributed by atoms with Crippen LogP contribution in [0, 0.1) is 5.82 Å². The summed E-state index contributed by atoms with van der Waals surface area (Å²) >= 11 is 5.43. The third-order valence-corrected chi connectivity index (χ3v) is 2.53. The largest absolute Gasteiger partial charge is 0.444 e. The van der Waals surface area contributed by atoms with Crippen LogP contribution in [0.25, 0.3) is 0 Å². The fourth-order valence-electron chi connectivity index (χ4n) is 1.37. The van der Waals surface area contributed by atoms with Crippen LogP contribution in [0.15, 0.2) is 42.6 Å². The molecule has 4 nitrogen and oxygen atoms in total. The fraction of sp³-hybridized carbons (Fsp3) is 0.0769. The Bertz CT molecular complexity index is 578. The molecule has 6 heteroatoms. The molecule has 98 valence electrons. The summed E-state index contributed by atoms with van der Waals surface area (Å²) in [5, 5.41) is 2.11. The van der Waals surface area contributed by atoms with E-state index in [9.17, 15) is 9.18 Å². The van der Waals surface area contributed by atoms with Crippen molar-refractivity contribution in [3.63, 3.8) is 0 Å². The average molecular weight is 281 g/mol. The van der Waals surface area contributed by atoms with Gasteiger partial charge in [0.25, 0.3) is 0 Å². The minimum Gasteiger partial charge on any atom is -0.444 e. The van der Waals surface area contributed by atoms with Crippen LogP contribution < -0.4 is 5.32 Å². The second-order valence-corrected chi connectivity index (χ2v) is 4.04. The number of carbonyl (C=O) groups is 1. The molecule has 1 aromatic carbocycles. The normalized spacial score (nSPS) is 10.0. The summed E-state index contributed by atoms with van der Waals surface area (Å²) in [6.07, 6.45) is 0.558. The number of benzene rings is 1. The second kappa shape index (κ2) is 6.15. The molecule has 0 aliphatic heterocycles. The molecular formula is C13H10ClFN2O2. The van der Waals surface area contributed by atoms with E-state index in [0.717, 1.165) is 11.6 Å². The van der Waals surface area contributed by atoms with Crippen molar-refractivity contribution in [3.05, 3.63) is 59.1 Å². The van der Waals surface area contributed by atoms with Crippen LogP contribution in [0.5, 0.6) is 0 Å². The Kier molecular flexibility index (Phi) is 4.30. The van der Waals surface area contributed by atoms with Crippen LogP contribution in [0.3, 0.4) is 0 Å². The summed E-state index contributed by atoms with van der Waals surface area (Å²) in [5.41, 5.74) is 1.04. The number of hydrogen-bond acceptors (Lipinski definition) is 3. The van der Waals surface area contributed by atoms with Gasteiger partial charge in [-0.25, -0.2) is 14.2 Å². The predicted octanol–water partition coefficient (Wildman–Crippen LogP) is 3.62. The highest BCUT2D eigenvalue weighted by Gasteiger charge is 2.07. The molecule has 0 saturated heterocycles. The standard InChI is InChI=1S/C13H10ClFN2O2/c14-12-11(15)6-10(7-16-12)17-13(18)19-8-9-4-2-1-3-5-9/h1-7H,8H2,(H,17,18). The Morgan fingerprint density at radius 3 is 2.79 bits per heavy atom. The van der Waals surface area contributed by atoms with Crippen molar-refractivity contribution < 1.29 is 13.9 Å². The highest BCUT2D eigenvalue weighted by atomic mass is 35.5. The Labute approximate surface area is 114 Å². The average Bonchev–Trinajstić information content (AvgIpc) is 2.42. The second-order valence-electron chi connectivity index (χ2n) is 3.68. The van der Waals surface area contributed by atoms with E-state index in [4.69, 9.17) is 16.3 Å². The summed E-state index contributed by atoms with van der Waals surface area (Å²) in [6, 6.07) is 10.3. The van der Waals surface area contributed by atoms with Gasteiger partial charge in [-0.3, -0.25) is 5.32 Å². The summed E-state index contributed by atoms with van der Waals surface area (Å²) in [6.45, 7) is 0.135. The van der Waals surface area contributed by atoms with Crippen molar-refractivity contribution in [2.24, 2.45) is 0 Å². The summed E-state index contributed by atoms with van der Waals surface area (Å²) in [5.74, 6) is -0.706. The lowest BCUT2D eigenvalue weighted by molar-refractivity contribution is 0.155. The number of ether oxygens (including phenoxy) is 1. The van der Waals surface area contributed by atoms with Crippen LogP contribution in [-0.2, 0) is 11.3 Å². The molecule has 19 heavy (non-hydrogen) atoms. The zero-order valence-electron chi connectivity index (χ0n) is 9.77. The number of anilines is 1. The molecule has 0 spiro atoms. The zero-order chi connectivity index (χ0) is 13.7.